The third kappa shape index (κ3) is 2.51. The van der Waals surface area contributed by atoms with Crippen molar-refractivity contribution in [2.75, 3.05) is 19.8 Å². The highest BCUT2D eigenvalue weighted by molar-refractivity contribution is 5.16. The van der Waals surface area contributed by atoms with Gasteiger partial charge in [0.1, 0.15) is 5.60 Å². The number of nitrogens with zero attached hydrogens (tertiary/aromatic N) is 2. The van der Waals surface area contributed by atoms with E-state index in [-0.39, 0.29) is 12.0 Å². The fraction of sp³-hybridized carbons (Fsp3) is 0.714. The molecule has 0 radical (unpaired) electrons. The van der Waals surface area contributed by atoms with Gasteiger partial charge in [-0.15, -0.1) is 0 Å². The zero-order chi connectivity index (χ0) is 14.0. The highest BCUT2D eigenvalue weighted by Crippen LogP contribution is 2.36. The maximum Gasteiger partial charge on any atom is 0.233 e. The third-order valence-corrected chi connectivity index (χ3v) is 4.00. The summed E-state index contributed by atoms with van der Waals surface area (Å²) in [5.74, 6) is 1.41. The molecule has 1 saturated heterocycles. The highest BCUT2D eigenvalue weighted by Gasteiger charge is 2.40. The largest absolute Gasteiger partial charge is 0.381 e. The average molecular weight is 279 g/mol. The maximum atomic E-state index is 5.95. The molecule has 0 spiro atoms. The Morgan fingerprint density at radius 1 is 1.40 bits per heavy atom. The van der Waals surface area contributed by atoms with Gasteiger partial charge in [-0.3, -0.25) is 0 Å². The van der Waals surface area contributed by atoms with Crippen LogP contribution in [0.2, 0.25) is 0 Å². The molecule has 2 heterocycles. The van der Waals surface area contributed by atoms with E-state index in [1.165, 1.54) is 0 Å². The van der Waals surface area contributed by atoms with Crippen molar-refractivity contribution in [3.63, 3.8) is 0 Å². The lowest BCUT2D eigenvalue weighted by atomic mass is 9.93. The standard InChI is InChI=1S/C14H21N3O3/c1-2-19-14(5-7-18-8-6-14)13-16-12(20-17-13)10-3-4-11(15)9-10/h3-4,10-11H,2,5-9,15H2,1H3. The molecule has 6 heteroatoms. The van der Waals surface area contributed by atoms with Gasteiger partial charge in [0.05, 0.1) is 5.92 Å². The summed E-state index contributed by atoms with van der Waals surface area (Å²) in [6.45, 7) is 3.94. The second-order valence-electron chi connectivity index (χ2n) is 5.39. The quantitative estimate of drug-likeness (QED) is 0.841. The van der Waals surface area contributed by atoms with Gasteiger partial charge < -0.3 is 19.7 Å². The normalized spacial score (nSPS) is 28.9. The number of ether oxygens (including phenoxy) is 2. The summed E-state index contributed by atoms with van der Waals surface area (Å²) < 4.78 is 16.8. The predicted molar refractivity (Wildman–Crippen MR) is 72.1 cm³/mol. The van der Waals surface area contributed by atoms with E-state index in [9.17, 15) is 0 Å². The molecule has 0 aromatic carbocycles. The van der Waals surface area contributed by atoms with Crippen LogP contribution in [0.5, 0.6) is 0 Å². The van der Waals surface area contributed by atoms with Gasteiger partial charge in [-0.1, -0.05) is 17.3 Å². The molecule has 1 aliphatic heterocycles. The van der Waals surface area contributed by atoms with Crippen molar-refractivity contribution in [1.82, 2.24) is 10.1 Å². The van der Waals surface area contributed by atoms with E-state index in [4.69, 9.17) is 19.7 Å². The first-order valence-corrected chi connectivity index (χ1v) is 7.23. The van der Waals surface area contributed by atoms with Crippen molar-refractivity contribution >= 4 is 0 Å². The number of hydrogen-bond acceptors (Lipinski definition) is 6. The minimum Gasteiger partial charge on any atom is -0.381 e. The number of hydrogen-bond donors (Lipinski definition) is 1. The predicted octanol–water partition coefficient (Wildman–Crippen LogP) is 1.48. The molecule has 0 bridgehead atoms. The Balaban J connectivity index is 1.82. The zero-order valence-corrected chi connectivity index (χ0v) is 11.7. The fourth-order valence-electron chi connectivity index (χ4n) is 2.89. The second kappa shape index (κ2) is 5.63. The van der Waals surface area contributed by atoms with Crippen LogP contribution in [0.1, 0.15) is 43.8 Å². The van der Waals surface area contributed by atoms with Crippen LogP contribution < -0.4 is 5.73 Å². The molecule has 20 heavy (non-hydrogen) atoms. The van der Waals surface area contributed by atoms with Crippen LogP contribution in [0.4, 0.5) is 0 Å². The molecule has 2 unspecified atom stereocenters. The fourth-order valence-corrected chi connectivity index (χ4v) is 2.89. The first-order chi connectivity index (χ1) is 9.73. The Hall–Kier alpha value is -1.24. The van der Waals surface area contributed by atoms with E-state index in [1.807, 2.05) is 19.1 Å². The second-order valence-corrected chi connectivity index (χ2v) is 5.39. The number of rotatable bonds is 4. The van der Waals surface area contributed by atoms with E-state index in [2.05, 4.69) is 10.1 Å². The van der Waals surface area contributed by atoms with Crippen LogP contribution in [0.15, 0.2) is 16.7 Å². The van der Waals surface area contributed by atoms with Crippen LogP contribution >= 0.6 is 0 Å². The molecular formula is C14H21N3O3. The lowest BCUT2D eigenvalue weighted by Gasteiger charge is -2.33. The first-order valence-electron chi connectivity index (χ1n) is 7.23. The number of aromatic nitrogens is 2. The van der Waals surface area contributed by atoms with Crippen LogP contribution in [0.3, 0.4) is 0 Å². The Morgan fingerprint density at radius 2 is 2.20 bits per heavy atom. The minimum absolute atomic E-state index is 0.0827. The highest BCUT2D eigenvalue weighted by atomic mass is 16.5. The third-order valence-electron chi connectivity index (χ3n) is 4.00. The summed E-state index contributed by atoms with van der Waals surface area (Å²) in [6, 6.07) is 0.0827. The van der Waals surface area contributed by atoms with E-state index < -0.39 is 5.60 Å². The molecule has 3 rings (SSSR count). The topological polar surface area (TPSA) is 83.4 Å². The molecule has 2 atom stereocenters. The van der Waals surface area contributed by atoms with E-state index in [0.29, 0.717) is 31.5 Å². The lowest BCUT2D eigenvalue weighted by Crippen LogP contribution is -2.37. The summed E-state index contributed by atoms with van der Waals surface area (Å²) in [4.78, 5) is 4.58. The van der Waals surface area contributed by atoms with Crippen molar-refractivity contribution in [3.05, 3.63) is 23.9 Å². The molecule has 1 aromatic rings. The van der Waals surface area contributed by atoms with Crippen LogP contribution in [-0.2, 0) is 15.1 Å². The van der Waals surface area contributed by atoms with Gasteiger partial charge in [0, 0.05) is 38.7 Å². The zero-order valence-electron chi connectivity index (χ0n) is 11.7. The number of allylic oxidation sites excluding steroid dienone is 1. The van der Waals surface area contributed by atoms with Gasteiger partial charge in [0.25, 0.3) is 0 Å². The molecule has 0 saturated carbocycles. The summed E-state index contributed by atoms with van der Waals surface area (Å²) in [6.07, 6.45) is 6.38. The monoisotopic (exact) mass is 279 g/mol. The van der Waals surface area contributed by atoms with Crippen molar-refractivity contribution in [1.29, 1.82) is 0 Å². The maximum absolute atomic E-state index is 5.95. The Bertz CT molecular complexity index is 474. The first kappa shape index (κ1) is 13.7. The Kier molecular flexibility index (Phi) is 3.87. The van der Waals surface area contributed by atoms with Crippen LogP contribution in [0.25, 0.3) is 0 Å². The summed E-state index contributed by atoms with van der Waals surface area (Å²) in [5.41, 5.74) is 5.41. The molecule has 110 valence electrons. The van der Waals surface area contributed by atoms with Gasteiger partial charge in [0.2, 0.25) is 11.7 Å². The lowest BCUT2D eigenvalue weighted by molar-refractivity contribution is -0.118. The van der Waals surface area contributed by atoms with Crippen molar-refractivity contribution in [2.24, 2.45) is 5.73 Å². The van der Waals surface area contributed by atoms with E-state index in [0.717, 1.165) is 19.3 Å². The molecule has 2 N–H and O–H groups in total. The minimum atomic E-state index is -0.459. The van der Waals surface area contributed by atoms with Gasteiger partial charge >= 0.3 is 0 Å². The molecule has 6 nitrogen and oxygen atoms in total. The summed E-state index contributed by atoms with van der Waals surface area (Å²) >= 11 is 0. The molecule has 2 aliphatic rings. The van der Waals surface area contributed by atoms with Crippen molar-refractivity contribution < 1.29 is 14.0 Å². The van der Waals surface area contributed by atoms with Gasteiger partial charge in [0.15, 0.2) is 0 Å². The van der Waals surface area contributed by atoms with Crippen molar-refractivity contribution in [3.8, 4) is 0 Å². The Morgan fingerprint density at radius 3 is 2.85 bits per heavy atom. The molecule has 1 fully saturated rings. The number of nitrogens with two attached hydrogens (primary N) is 1. The van der Waals surface area contributed by atoms with Crippen LogP contribution in [-0.4, -0.2) is 36.0 Å². The molecule has 0 amide bonds. The van der Waals surface area contributed by atoms with Crippen LogP contribution in [0, 0.1) is 0 Å². The molecule has 1 aliphatic carbocycles. The Labute approximate surface area is 118 Å². The van der Waals surface area contributed by atoms with Gasteiger partial charge in [-0.2, -0.15) is 4.98 Å². The smallest absolute Gasteiger partial charge is 0.233 e. The molecule has 1 aromatic heterocycles. The SMILES string of the molecule is CCOC1(c2noc(C3C=CC(N)C3)n2)CCOCC1. The summed E-state index contributed by atoms with van der Waals surface area (Å²) in [7, 11) is 0. The average Bonchev–Trinajstić information content (AvgIpc) is 3.09. The summed E-state index contributed by atoms with van der Waals surface area (Å²) in [5, 5.41) is 4.16. The van der Waals surface area contributed by atoms with Gasteiger partial charge in [-0.05, 0) is 13.3 Å². The van der Waals surface area contributed by atoms with E-state index in [1.54, 1.807) is 0 Å². The molecular weight excluding hydrogens is 258 g/mol. The van der Waals surface area contributed by atoms with Gasteiger partial charge in [-0.25, -0.2) is 0 Å². The van der Waals surface area contributed by atoms with E-state index >= 15 is 0 Å². The van der Waals surface area contributed by atoms with Crippen molar-refractivity contribution in [2.45, 2.75) is 43.7 Å².